The number of ether oxygens (including phenoxy) is 2. The number of aliphatic imine (C=N–C) groups is 1. The second-order valence-corrected chi connectivity index (χ2v) is 8.07. The average molecular weight is 305 g/mol. The van der Waals surface area contributed by atoms with Crippen LogP contribution in [-0.4, -0.2) is 37.6 Å². The molecule has 4 heteroatoms. The zero-order valence-corrected chi connectivity index (χ0v) is 13.8. The number of benzene rings is 1. The maximum atomic E-state index is 6.11. The third kappa shape index (κ3) is 3.64. The van der Waals surface area contributed by atoms with Crippen molar-refractivity contribution in [1.82, 2.24) is 0 Å². The van der Waals surface area contributed by atoms with Crippen molar-refractivity contribution < 1.29 is 9.47 Å². The maximum Gasteiger partial charge on any atom is 0.120 e. The monoisotopic (exact) mass is 305 g/mol. The zero-order valence-electron chi connectivity index (χ0n) is 12.9. The van der Waals surface area contributed by atoms with Crippen molar-refractivity contribution in [2.75, 3.05) is 26.0 Å². The van der Waals surface area contributed by atoms with E-state index in [0.29, 0.717) is 12.1 Å². The molecule has 1 saturated heterocycles. The Kier molecular flexibility index (Phi) is 4.92. The largest absolute Gasteiger partial charge is 0.490 e. The van der Waals surface area contributed by atoms with Gasteiger partial charge < -0.3 is 9.47 Å². The van der Waals surface area contributed by atoms with E-state index in [-0.39, 0.29) is 7.92 Å². The van der Waals surface area contributed by atoms with E-state index in [2.05, 4.69) is 37.9 Å². The van der Waals surface area contributed by atoms with Crippen molar-refractivity contribution >= 4 is 13.4 Å². The van der Waals surface area contributed by atoms with Crippen LogP contribution in [-0.2, 0) is 4.74 Å². The van der Waals surface area contributed by atoms with Crippen LogP contribution in [0, 0.1) is 0 Å². The van der Waals surface area contributed by atoms with Gasteiger partial charge in [-0.15, -0.1) is 0 Å². The van der Waals surface area contributed by atoms with E-state index in [1.54, 1.807) is 0 Å². The maximum absolute atomic E-state index is 6.11. The summed E-state index contributed by atoms with van der Waals surface area (Å²) in [6, 6.07) is 8.88. The first kappa shape index (κ1) is 15.0. The molecule has 0 amide bonds. The van der Waals surface area contributed by atoms with Crippen LogP contribution in [0.2, 0.25) is 0 Å². The van der Waals surface area contributed by atoms with Gasteiger partial charge in [-0.2, -0.15) is 0 Å². The minimum atomic E-state index is -0.0249. The molecule has 2 aliphatic rings. The molecule has 0 radical (unpaired) electrons. The minimum Gasteiger partial charge on any atom is -0.490 e. The predicted octanol–water partition coefficient (Wildman–Crippen LogP) is 4.22. The van der Waals surface area contributed by atoms with Gasteiger partial charge in [0.2, 0.25) is 0 Å². The molecule has 0 spiro atoms. The highest BCUT2D eigenvalue weighted by Gasteiger charge is 2.25. The van der Waals surface area contributed by atoms with Gasteiger partial charge in [-0.05, 0) is 36.9 Å². The Morgan fingerprint density at radius 3 is 2.86 bits per heavy atom. The lowest BCUT2D eigenvalue weighted by atomic mass is 10.1. The van der Waals surface area contributed by atoms with E-state index < -0.39 is 0 Å². The number of hydrogen-bond acceptors (Lipinski definition) is 3. The summed E-state index contributed by atoms with van der Waals surface area (Å²) >= 11 is 0. The molecule has 1 fully saturated rings. The summed E-state index contributed by atoms with van der Waals surface area (Å²) < 4.78 is 11.5. The van der Waals surface area contributed by atoms with Gasteiger partial charge in [0.15, 0.2) is 0 Å². The summed E-state index contributed by atoms with van der Waals surface area (Å²) in [6.07, 6.45) is 4.57. The lowest BCUT2D eigenvalue weighted by Crippen LogP contribution is -2.25. The van der Waals surface area contributed by atoms with E-state index >= 15 is 0 Å². The van der Waals surface area contributed by atoms with Crippen molar-refractivity contribution in [1.29, 1.82) is 0 Å². The van der Waals surface area contributed by atoms with Gasteiger partial charge in [-0.3, -0.25) is 4.99 Å². The van der Waals surface area contributed by atoms with Crippen LogP contribution in [0.15, 0.2) is 29.3 Å². The highest BCUT2D eigenvalue weighted by molar-refractivity contribution is 7.75. The molecule has 3 rings (SSSR count). The molecule has 0 bridgehead atoms. The summed E-state index contributed by atoms with van der Waals surface area (Å²) in [5.74, 6) is 0.986. The molecule has 114 valence electrons. The van der Waals surface area contributed by atoms with E-state index in [0.717, 1.165) is 38.2 Å². The van der Waals surface area contributed by atoms with Gasteiger partial charge in [0.1, 0.15) is 11.9 Å². The van der Waals surface area contributed by atoms with E-state index in [9.17, 15) is 0 Å². The molecule has 1 aromatic carbocycles. The Balaban J connectivity index is 1.70. The van der Waals surface area contributed by atoms with Gasteiger partial charge >= 0.3 is 0 Å². The summed E-state index contributed by atoms with van der Waals surface area (Å²) in [5, 5.41) is 0. The molecule has 21 heavy (non-hydrogen) atoms. The third-order valence-corrected chi connectivity index (χ3v) is 6.43. The first-order chi connectivity index (χ1) is 10.3. The van der Waals surface area contributed by atoms with E-state index in [1.165, 1.54) is 17.2 Å². The fraction of sp³-hybridized carbons (Fsp3) is 0.588. The summed E-state index contributed by atoms with van der Waals surface area (Å²) in [5.41, 5.74) is 2.73. The van der Waals surface area contributed by atoms with Crippen molar-refractivity contribution in [2.45, 2.75) is 38.3 Å². The first-order valence-electron chi connectivity index (χ1n) is 7.88. The molecule has 2 atom stereocenters. The average Bonchev–Trinajstić information content (AvgIpc) is 2.90. The Hall–Kier alpha value is -0.920. The van der Waals surface area contributed by atoms with Gasteiger partial charge in [-0.1, -0.05) is 27.0 Å². The van der Waals surface area contributed by atoms with Gasteiger partial charge in [-0.25, -0.2) is 0 Å². The molecule has 0 saturated carbocycles. The predicted molar refractivity (Wildman–Crippen MR) is 89.1 cm³/mol. The van der Waals surface area contributed by atoms with Crippen LogP contribution in [0.25, 0.3) is 0 Å². The van der Waals surface area contributed by atoms with Crippen molar-refractivity contribution in [2.24, 2.45) is 4.99 Å². The van der Waals surface area contributed by atoms with Crippen LogP contribution in [0.3, 0.4) is 0 Å². The third-order valence-electron chi connectivity index (χ3n) is 4.22. The van der Waals surface area contributed by atoms with Crippen LogP contribution in [0.5, 0.6) is 5.75 Å². The summed E-state index contributed by atoms with van der Waals surface area (Å²) in [4.78, 5) is 4.92. The van der Waals surface area contributed by atoms with Gasteiger partial charge in [0, 0.05) is 18.3 Å². The number of nitrogens with zero attached hydrogens (tertiary/aromatic N) is 1. The Morgan fingerprint density at radius 2 is 2.14 bits per heavy atom. The van der Waals surface area contributed by atoms with Gasteiger partial charge in [0.05, 0.1) is 19.3 Å². The number of rotatable bonds is 4. The van der Waals surface area contributed by atoms with Crippen molar-refractivity contribution in [3.63, 3.8) is 0 Å². The van der Waals surface area contributed by atoms with Crippen molar-refractivity contribution in [3.05, 3.63) is 29.8 Å². The Morgan fingerprint density at radius 1 is 1.33 bits per heavy atom. The molecule has 1 aromatic rings. The lowest BCUT2D eigenvalue weighted by Gasteiger charge is -2.23. The topological polar surface area (TPSA) is 30.8 Å². The molecule has 2 aliphatic heterocycles. The van der Waals surface area contributed by atoms with Crippen LogP contribution < -0.4 is 4.74 Å². The second-order valence-electron chi connectivity index (χ2n) is 5.80. The number of hydrogen-bond donors (Lipinski definition) is 0. The Labute approximate surface area is 128 Å². The fourth-order valence-electron chi connectivity index (χ4n) is 3.01. The molecule has 0 N–H and O–H groups in total. The molecule has 2 heterocycles. The van der Waals surface area contributed by atoms with Gasteiger partial charge in [0.25, 0.3) is 0 Å². The van der Waals surface area contributed by atoms with Crippen LogP contribution in [0.1, 0.15) is 37.8 Å². The lowest BCUT2D eigenvalue weighted by molar-refractivity contribution is 0.0255. The second kappa shape index (κ2) is 6.89. The van der Waals surface area contributed by atoms with E-state index in [1.807, 2.05) is 0 Å². The summed E-state index contributed by atoms with van der Waals surface area (Å²) in [7, 11) is -0.0249. The zero-order chi connectivity index (χ0) is 14.7. The molecule has 0 aromatic heterocycles. The first-order valence-corrected chi connectivity index (χ1v) is 9.86. The molecule has 3 nitrogen and oxygen atoms in total. The molecule has 2 unspecified atom stereocenters. The van der Waals surface area contributed by atoms with E-state index in [4.69, 9.17) is 14.5 Å². The Bertz CT molecular complexity index is 511. The highest BCUT2D eigenvalue weighted by atomic mass is 31.1. The SMILES string of the molecule is CCC1=NC(c2cccc(OC3CCOCC3)c2)CP1C. The van der Waals surface area contributed by atoms with Crippen LogP contribution in [0.4, 0.5) is 0 Å². The standard InChI is InChI=1S/C17H24NO2P/c1-3-17-18-16(12-21(17)2)13-5-4-6-15(11-13)20-14-7-9-19-10-8-14/h4-6,11,14,16H,3,7-10,12H2,1-2H3. The molecule has 0 aliphatic carbocycles. The molecular weight excluding hydrogens is 281 g/mol. The van der Waals surface area contributed by atoms with Crippen LogP contribution >= 0.6 is 7.92 Å². The smallest absolute Gasteiger partial charge is 0.120 e. The highest BCUT2D eigenvalue weighted by Crippen LogP contribution is 2.47. The normalized spacial score (nSPS) is 26.7. The fourth-order valence-corrected chi connectivity index (χ4v) is 4.90. The summed E-state index contributed by atoms with van der Waals surface area (Å²) in [6.45, 7) is 6.19. The molecular formula is C17H24NO2P. The van der Waals surface area contributed by atoms with Crippen molar-refractivity contribution in [3.8, 4) is 5.75 Å². The quantitative estimate of drug-likeness (QED) is 0.780. The minimum absolute atomic E-state index is 0.0249.